The molecule has 7 heteroatoms. The van der Waals surface area contributed by atoms with E-state index in [-0.39, 0.29) is 6.10 Å². The molecule has 1 unspecified atom stereocenters. The first-order valence-electron chi connectivity index (χ1n) is 8.80. The van der Waals surface area contributed by atoms with Crippen molar-refractivity contribution in [2.24, 2.45) is 0 Å². The lowest BCUT2D eigenvalue weighted by atomic mass is 10.1. The Morgan fingerprint density at radius 1 is 1.29 bits per heavy atom. The van der Waals surface area contributed by atoms with Crippen LogP contribution in [0, 0.1) is 0 Å². The van der Waals surface area contributed by atoms with Crippen LogP contribution in [0.2, 0.25) is 0 Å². The standard InChI is InChI=1S/C17H25N3O2S2/c21-17(4-2-1-3-15-8-12-23-24-15)20-10-6-14(7-11-20)22-16-5-9-18-13-19-16/h5,9,13-15H,1-4,6-8,10-12H2. The predicted octanol–water partition coefficient (Wildman–Crippen LogP) is 3.56. The summed E-state index contributed by atoms with van der Waals surface area (Å²) in [7, 11) is 4.02. The van der Waals surface area contributed by atoms with E-state index >= 15 is 0 Å². The molecule has 1 amide bonds. The normalized spacial score (nSPS) is 21.8. The number of nitrogens with zero attached hydrogens (tertiary/aromatic N) is 3. The third kappa shape index (κ3) is 5.55. The second kappa shape index (κ2) is 9.51. The fourth-order valence-corrected chi connectivity index (χ4v) is 6.14. The van der Waals surface area contributed by atoms with Crippen molar-refractivity contribution in [3.63, 3.8) is 0 Å². The maximum absolute atomic E-state index is 12.3. The maximum atomic E-state index is 12.3. The van der Waals surface area contributed by atoms with E-state index in [1.165, 1.54) is 31.3 Å². The van der Waals surface area contributed by atoms with Crippen molar-refractivity contribution in [1.82, 2.24) is 14.9 Å². The van der Waals surface area contributed by atoms with Gasteiger partial charge in [-0.1, -0.05) is 28.0 Å². The van der Waals surface area contributed by atoms with Gasteiger partial charge in [0.2, 0.25) is 11.8 Å². The van der Waals surface area contributed by atoms with E-state index in [0.717, 1.165) is 37.6 Å². The van der Waals surface area contributed by atoms with Gasteiger partial charge in [0.05, 0.1) is 0 Å². The van der Waals surface area contributed by atoms with Crippen molar-refractivity contribution in [1.29, 1.82) is 0 Å². The Hall–Kier alpha value is -0.950. The number of amides is 1. The minimum Gasteiger partial charge on any atom is -0.474 e. The number of ether oxygens (including phenoxy) is 1. The highest BCUT2D eigenvalue weighted by Gasteiger charge is 2.24. The molecule has 2 aliphatic rings. The van der Waals surface area contributed by atoms with Crippen LogP contribution in [0.15, 0.2) is 18.6 Å². The summed E-state index contributed by atoms with van der Waals surface area (Å²) >= 11 is 0. The number of rotatable bonds is 7. The molecule has 0 spiro atoms. The number of hydrogen-bond donors (Lipinski definition) is 0. The van der Waals surface area contributed by atoms with E-state index in [4.69, 9.17) is 4.74 Å². The maximum Gasteiger partial charge on any atom is 0.222 e. The van der Waals surface area contributed by atoms with Crippen LogP contribution >= 0.6 is 21.6 Å². The fraction of sp³-hybridized carbons (Fsp3) is 0.706. The summed E-state index contributed by atoms with van der Waals surface area (Å²) in [5.41, 5.74) is 0. The van der Waals surface area contributed by atoms with Crippen molar-refractivity contribution in [2.75, 3.05) is 18.8 Å². The summed E-state index contributed by atoms with van der Waals surface area (Å²) in [4.78, 5) is 22.3. The van der Waals surface area contributed by atoms with Crippen LogP contribution in [0.4, 0.5) is 0 Å². The number of carbonyl (C=O) groups is 1. The summed E-state index contributed by atoms with van der Waals surface area (Å²) in [6.07, 6.45) is 10.6. The van der Waals surface area contributed by atoms with Gasteiger partial charge in [-0.15, -0.1) is 0 Å². The largest absolute Gasteiger partial charge is 0.474 e. The van der Waals surface area contributed by atoms with Crippen molar-refractivity contribution in [3.05, 3.63) is 18.6 Å². The molecule has 24 heavy (non-hydrogen) atoms. The third-order valence-corrected chi connectivity index (χ3v) is 7.54. The molecular formula is C17H25N3O2S2. The topological polar surface area (TPSA) is 55.3 Å². The number of hydrogen-bond acceptors (Lipinski definition) is 6. The van der Waals surface area contributed by atoms with E-state index in [1.807, 2.05) is 26.5 Å². The summed E-state index contributed by atoms with van der Waals surface area (Å²) in [6.45, 7) is 1.59. The number of carbonyl (C=O) groups excluding carboxylic acids is 1. The average Bonchev–Trinajstić information content (AvgIpc) is 3.13. The smallest absolute Gasteiger partial charge is 0.222 e. The quantitative estimate of drug-likeness (QED) is 0.542. The monoisotopic (exact) mass is 367 g/mol. The Kier molecular flexibility index (Phi) is 7.08. The molecule has 132 valence electrons. The Balaban J connectivity index is 1.30. The minimum absolute atomic E-state index is 0.154. The molecule has 1 aromatic rings. The molecule has 0 saturated carbocycles. The molecule has 1 aromatic heterocycles. The van der Waals surface area contributed by atoms with E-state index in [1.54, 1.807) is 12.3 Å². The lowest BCUT2D eigenvalue weighted by Crippen LogP contribution is -2.41. The van der Waals surface area contributed by atoms with Crippen molar-refractivity contribution >= 4 is 27.5 Å². The molecule has 0 N–H and O–H groups in total. The summed E-state index contributed by atoms with van der Waals surface area (Å²) in [5.74, 6) is 2.22. The zero-order valence-electron chi connectivity index (χ0n) is 13.9. The molecule has 3 rings (SSSR count). The fourth-order valence-electron chi connectivity index (χ4n) is 3.11. The Bertz CT molecular complexity index is 504. The second-order valence-corrected chi connectivity index (χ2v) is 9.11. The van der Waals surface area contributed by atoms with Crippen LogP contribution in [0.1, 0.15) is 44.9 Å². The van der Waals surface area contributed by atoms with Gasteiger partial charge in [0, 0.05) is 55.6 Å². The Morgan fingerprint density at radius 2 is 2.17 bits per heavy atom. The van der Waals surface area contributed by atoms with Gasteiger partial charge in [-0.05, 0) is 19.3 Å². The van der Waals surface area contributed by atoms with Crippen LogP contribution in [0.3, 0.4) is 0 Å². The molecule has 3 heterocycles. The number of likely N-dealkylation sites (tertiary alicyclic amines) is 1. The van der Waals surface area contributed by atoms with Crippen LogP contribution in [0.25, 0.3) is 0 Å². The Morgan fingerprint density at radius 3 is 2.88 bits per heavy atom. The van der Waals surface area contributed by atoms with Crippen LogP contribution in [-0.2, 0) is 4.79 Å². The minimum atomic E-state index is 0.154. The lowest BCUT2D eigenvalue weighted by molar-refractivity contribution is -0.133. The SMILES string of the molecule is O=C(CCCCC1CCSS1)N1CCC(Oc2ccncn2)CC1. The van der Waals surface area contributed by atoms with E-state index < -0.39 is 0 Å². The summed E-state index contributed by atoms with van der Waals surface area (Å²) in [6, 6.07) is 1.78. The van der Waals surface area contributed by atoms with Gasteiger partial charge >= 0.3 is 0 Å². The van der Waals surface area contributed by atoms with Gasteiger partial charge in [0.15, 0.2) is 0 Å². The molecule has 0 aliphatic carbocycles. The summed E-state index contributed by atoms with van der Waals surface area (Å²) < 4.78 is 5.85. The van der Waals surface area contributed by atoms with E-state index in [0.29, 0.717) is 18.2 Å². The van der Waals surface area contributed by atoms with Gasteiger partial charge in [-0.2, -0.15) is 0 Å². The van der Waals surface area contributed by atoms with Gasteiger partial charge in [-0.3, -0.25) is 4.79 Å². The van der Waals surface area contributed by atoms with E-state index in [9.17, 15) is 4.79 Å². The first-order valence-corrected chi connectivity index (χ1v) is 11.2. The average molecular weight is 368 g/mol. The van der Waals surface area contributed by atoms with Crippen molar-refractivity contribution < 1.29 is 9.53 Å². The molecule has 2 fully saturated rings. The zero-order chi connectivity index (χ0) is 16.6. The number of unbranched alkanes of at least 4 members (excludes halogenated alkanes) is 1. The summed E-state index contributed by atoms with van der Waals surface area (Å²) in [5, 5.41) is 0.819. The highest BCUT2D eigenvalue weighted by molar-refractivity contribution is 8.77. The van der Waals surface area contributed by atoms with Crippen molar-refractivity contribution in [3.8, 4) is 5.88 Å². The molecular weight excluding hydrogens is 342 g/mol. The highest BCUT2D eigenvalue weighted by Crippen LogP contribution is 2.39. The number of piperidine rings is 1. The van der Waals surface area contributed by atoms with Gasteiger partial charge in [-0.25, -0.2) is 9.97 Å². The molecule has 0 aromatic carbocycles. The van der Waals surface area contributed by atoms with Gasteiger partial charge in [0.1, 0.15) is 12.4 Å². The number of aromatic nitrogens is 2. The second-order valence-electron chi connectivity index (χ2n) is 6.32. The van der Waals surface area contributed by atoms with Gasteiger partial charge in [0.25, 0.3) is 0 Å². The van der Waals surface area contributed by atoms with E-state index in [2.05, 4.69) is 9.97 Å². The third-order valence-electron chi connectivity index (χ3n) is 4.53. The lowest BCUT2D eigenvalue weighted by Gasteiger charge is -2.32. The van der Waals surface area contributed by atoms with Crippen LogP contribution in [-0.4, -0.2) is 51.0 Å². The first kappa shape index (κ1) is 17.9. The molecule has 0 bridgehead atoms. The first-order chi connectivity index (χ1) is 11.8. The molecule has 5 nitrogen and oxygen atoms in total. The van der Waals surface area contributed by atoms with Crippen LogP contribution < -0.4 is 4.74 Å². The van der Waals surface area contributed by atoms with Crippen molar-refractivity contribution in [2.45, 2.75) is 56.3 Å². The zero-order valence-corrected chi connectivity index (χ0v) is 15.6. The highest BCUT2D eigenvalue weighted by atomic mass is 33.1. The predicted molar refractivity (Wildman–Crippen MR) is 99.2 cm³/mol. The molecule has 0 radical (unpaired) electrons. The van der Waals surface area contributed by atoms with Crippen LogP contribution in [0.5, 0.6) is 5.88 Å². The molecule has 2 aliphatic heterocycles. The molecule has 2 saturated heterocycles. The van der Waals surface area contributed by atoms with Gasteiger partial charge < -0.3 is 9.64 Å². The Labute approximate surface area is 151 Å². The molecule has 1 atom stereocenters.